The molecule has 29 heavy (non-hydrogen) atoms. The largest absolute Gasteiger partial charge is 0.454 e. The molecule has 0 fully saturated rings. The molecular weight excluding hydrogens is 374 g/mol. The Morgan fingerprint density at radius 2 is 1.52 bits per heavy atom. The van der Waals surface area contributed by atoms with E-state index in [1.54, 1.807) is 42.5 Å². The lowest BCUT2D eigenvalue weighted by atomic mass is 9.95. The Kier molecular flexibility index (Phi) is 5.72. The maximum Gasteiger partial charge on any atom is 0.251 e. The van der Waals surface area contributed by atoms with Crippen molar-refractivity contribution in [2.45, 2.75) is 20.8 Å². The quantitative estimate of drug-likeness (QED) is 0.719. The first kappa shape index (κ1) is 20.2. The molecule has 1 aliphatic rings. The monoisotopic (exact) mass is 397 g/mol. The fourth-order valence-corrected chi connectivity index (χ4v) is 2.46. The normalized spacial score (nSPS) is 12.2. The zero-order valence-corrected chi connectivity index (χ0v) is 16.5. The molecule has 152 valence electrons. The van der Waals surface area contributed by atoms with Gasteiger partial charge in [-0.3, -0.25) is 14.4 Å². The van der Waals surface area contributed by atoms with Gasteiger partial charge < -0.3 is 25.4 Å². The van der Waals surface area contributed by atoms with Crippen LogP contribution in [-0.4, -0.2) is 31.1 Å². The van der Waals surface area contributed by atoms with Gasteiger partial charge in [-0.05, 0) is 42.5 Å². The number of benzene rings is 2. The summed E-state index contributed by atoms with van der Waals surface area (Å²) in [5, 5.41) is 8.06. The third-order valence-corrected chi connectivity index (χ3v) is 4.15. The van der Waals surface area contributed by atoms with Gasteiger partial charge in [0.2, 0.25) is 18.6 Å². The van der Waals surface area contributed by atoms with Gasteiger partial charge in [-0.15, -0.1) is 0 Å². The molecule has 1 heterocycles. The standard InChI is InChI=1S/C21H23N3O5/c1-21(2,3)20(27)24-15-7-5-14(6-8-15)23-18(25)11-22-19(26)13-4-9-16-17(10-13)29-12-28-16/h4-10H,11-12H2,1-3H3,(H,22,26)(H,23,25)(H,24,27). The minimum absolute atomic E-state index is 0.0967. The molecule has 3 rings (SSSR count). The summed E-state index contributed by atoms with van der Waals surface area (Å²) >= 11 is 0. The summed E-state index contributed by atoms with van der Waals surface area (Å²) in [7, 11) is 0. The number of ether oxygens (including phenoxy) is 2. The minimum Gasteiger partial charge on any atom is -0.454 e. The second-order valence-electron chi connectivity index (χ2n) is 7.58. The minimum atomic E-state index is -0.497. The predicted octanol–water partition coefficient (Wildman–Crippen LogP) is 2.77. The maximum absolute atomic E-state index is 12.2. The number of carbonyl (C=O) groups is 3. The highest BCUT2D eigenvalue weighted by atomic mass is 16.7. The number of rotatable bonds is 5. The van der Waals surface area contributed by atoms with Gasteiger partial charge in [-0.1, -0.05) is 20.8 Å². The molecule has 2 aromatic carbocycles. The van der Waals surface area contributed by atoms with E-state index >= 15 is 0 Å². The van der Waals surface area contributed by atoms with E-state index in [4.69, 9.17) is 9.47 Å². The first-order valence-corrected chi connectivity index (χ1v) is 9.11. The molecule has 0 radical (unpaired) electrons. The van der Waals surface area contributed by atoms with Crippen LogP contribution < -0.4 is 25.4 Å². The van der Waals surface area contributed by atoms with Crippen LogP contribution in [0, 0.1) is 5.41 Å². The average Bonchev–Trinajstić information content (AvgIpc) is 3.14. The van der Waals surface area contributed by atoms with E-state index < -0.39 is 11.3 Å². The Balaban J connectivity index is 1.49. The molecule has 0 saturated carbocycles. The van der Waals surface area contributed by atoms with Gasteiger partial charge in [0.1, 0.15) is 0 Å². The first-order valence-electron chi connectivity index (χ1n) is 9.11. The van der Waals surface area contributed by atoms with Crippen LogP contribution in [0.3, 0.4) is 0 Å². The van der Waals surface area contributed by atoms with Crippen LogP contribution in [-0.2, 0) is 9.59 Å². The van der Waals surface area contributed by atoms with Crippen LogP contribution in [0.2, 0.25) is 0 Å². The van der Waals surface area contributed by atoms with Crippen molar-refractivity contribution in [2.75, 3.05) is 24.0 Å². The van der Waals surface area contributed by atoms with Gasteiger partial charge in [-0.25, -0.2) is 0 Å². The number of carbonyl (C=O) groups excluding carboxylic acids is 3. The van der Waals surface area contributed by atoms with Crippen molar-refractivity contribution in [3.63, 3.8) is 0 Å². The molecule has 8 heteroatoms. The highest BCUT2D eigenvalue weighted by molar-refractivity contribution is 6.00. The van der Waals surface area contributed by atoms with Crippen molar-refractivity contribution in [1.29, 1.82) is 0 Å². The van der Waals surface area contributed by atoms with E-state index in [0.29, 0.717) is 28.4 Å². The van der Waals surface area contributed by atoms with Gasteiger partial charge in [0, 0.05) is 22.4 Å². The van der Waals surface area contributed by atoms with E-state index in [9.17, 15) is 14.4 Å². The van der Waals surface area contributed by atoms with Crippen molar-refractivity contribution in [2.24, 2.45) is 5.41 Å². The number of amides is 3. The Morgan fingerprint density at radius 1 is 0.897 bits per heavy atom. The topological polar surface area (TPSA) is 106 Å². The zero-order chi connectivity index (χ0) is 21.0. The van der Waals surface area contributed by atoms with Crippen LogP contribution in [0.4, 0.5) is 11.4 Å². The SMILES string of the molecule is CC(C)(C)C(=O)Nc1ccc(NC(=O)CNC(=O)c2ccc3c(c2)OCO3)cc1. The number of hydrogen-bond acceptors (Lipinski definition) is 5. The molecule has 0 bridgehead atoms. The summed E-state index contributed by atoms with van der Waals surface area (Å²) in [6, 6.07) is 11.6. The van der Waals surface area contributed by atoms with E-state index in [0.717, 1.165) is 0 Å². The first-order chi connectivity index (χ1) is 13.7. The molecule has 3 N–H and O–H groups in total. The number of hydrogen-bond donors (Lipinski definition) is 3. The van der Waals surface area contributed by atoms with E-state index in [-0.39, 0.29) is 25.2 Å². The summed E-state index contributed by atoms with van der Waals surface area (Å²) in [4.78, 5) is 36.3. The highest BCUT2D eigenvalue weighted by Crippen LogP contribution is 2.32. The highest BCUT2D eigenvalue weighted by Gasteiger charge is 2.21. The van der Waals surface area contributed by atoms with Crippen molar-refractivity contribution < 1.29 is 23.9 Å². The number of fused-ring (bicyclic) bond motifs is 1. The lowest BCUT2D eigenvalue weighted by Crippen LogP contribution is -2.32. The van der Waals surface area contributed by atoms with Gasteiger partial charge in [-0.2, -0.15) is 0 Å². The average molecular weight is 397 g/mol. The Morgan fingerprint density at radius 3 is 2.17 bits per heavy atom. The molecule has 1 aliphatic heterocycles. The third kappa shape index (κ3) is 5.25. The van der Waals surface area contributed by atoms with Crippen LogP contribution in [0.5, 0.6) is 11.5 Å². The van der Waals surface area contributed by atoms with Gasteiger partial charge in [0.25, 0.3) is 5.91 Å². The van der Waals surface area contributed by atoms with Crippen molar-refractivity contribution >= 4 is 29.1 Å². The molecule has 0 unspecified atom stereocenters. The molecule has 8 nitrogen and oxygen atoms in total. The van der Waals surface area contributed by atoms with Crippen LogP contribution in [0.15, 0.2) is 42.5 Å². The Hall–Kier alpha value is -3.55. The molecule has 0 aliphatic carbocycles. The number of nitrogens with one attached hydrogen (secondary N) is 3. The summed E-state index contributed by atoms with van der Waals surface area (Å²) in [5.41, 5.74) is 1.07. The molecular formula is C21H23N3O5. The molecule has 0 saturated heterocycles. The van der Waals surface area contributed by atoms with Crippen LogP contribution >= 0.6 is 0 Å². The van der Waals surface area contributed by atoms with E-state index in [1.807, 2.05) is 20.8 Å². The summed E-state index contributed by atoms with van der Waals surface area (Å²) in [5.74, 6) is 0.229. The van der Waals surface area contributed by atoms with Crippen molar-refractivity contribution in [1.82, 2.24) is 5.32 Å². The molecule has 0 aromatic heterocycles. The third-order valence-electron chi connectivity index (χ3n) is 4.15. The van der Waals surface area contributed by atoms with Crippen LogP contribution in [0.1, 0.15) is 31.1 Å². The van der Waals surface area contributed by atoms with E-state index in [2.05, 4.69) is 16.0 Å². The van der Waals surface area contributed by atoms with Gasteiger partial charge in [0.15, 0.2) is 11.5 Å². The fourth-order valence-electron chi connectivity index (χ4n) is 2.46. The lowest BCUT2D eigenvalue weighted by molar-refractivity contribution is -0.123. The number of anilines is 2. The Bertz CT molecular complexity index is 932. The fraction of sp³-hybridized carbons (Fsp3) is 0.286. The molecule has 0 spiro atoms. The van der Waals surface area contributed by atoms with Crippen LogP contribution in [0.25, 0.3) is 0 Å². The molecule has 3 amide bonds. The van der Waals surface area contributed by atoms with Gasteiger partial charge >= 0.3 is 0 Å². The van der Waals surface area contributed by atoms with Crippen molar-refractivity contribution in [3.8, 4) is 11.5 Å². The maximum atomic E-state index is 12.2. The molecule has 2 aromatic rings. The Labute approximate surface area is 168 Å². The second-order valence-corrected chi connectivity index (χ2v) is 7.58. The van der Waals surface area contributed by atoms with Crippen molar-refractivity contribution in [3.05, 3.63) is 48.0 Å². The zero-order valence-electron chi connectivity index (χ0n) is 16.5. The predicted molar refractivity (Wildman–Crippen MR) is 108 cm³/mol. The summed E-state index contributed by atoms with van der Waals surface area (Å²) < 4.78 is 10.4. The van der Waals surface area contributed by atoms with E-state index in [1.165, 1.54) is 0 Å². The van der Waals surface area contributed by atoms with Gasteiger partial charge in [0.05, 0.1) is 6.54 Å². The summed E-state index contributed by atoms with van der Waals surface area (Å²) in [6.45, 7) is 5.43. The lowest BCUT2D eigenvalue weighted by Gasteiger charge is -2.17. The molecule has 0 atom stereocenters. The smallest absolute Gasteiger partial charge is 0.251 e. The second kappa shape index (κ2) is 8.22. The summed E-state index contributed by atoms with van der Waals surface area (Å²) in [6.07, 6.45) is 0.